The van der Waals surface area contributed by atoms with Gasteiger partial charge in [0.25, 0.3) is 0 Å². The number of hydrogen-bond donors (Lipinski definition) is 3. The van der Waals surface area contributed by atoms with Crippen molar-refractivity contribution in [1.29, 1.82) is 0 Å². The molecule has 0 bridgehead atoms. The smallest absolute Gasteiger partial charge is 0.475 e. The zero-order valence-corrected chi connectivity index (χ0v) is 18.3. The molecule has 2 saturated heterocycles. The number of amides is 1. The number of carboxylic acid groups (broad SMARTS) is 1. The first-order valence-corrected chi connectivity index (χ1v) is 10.6. The first kappa shape index (κ1) is 25.2. The van der Waals surface area contributed by atoms with Crippen molar-refractivity contribution < 1.29 is 32.6 Å². The van der Waals surface area contributed by atoms with Crippen LogP contribution in [0.2, 0.25) is 0 Å². The number of fused-ring (bicyclic) bond motifs is 1. The second kappa shape index (κ2) is 10.7. The number of alkyl halides is 3. The van der Waals surface area contributed by atoms with Gasteiger partial charge in [-0.15, -0.1) is 0 Å². The van der Waals surface area contributed by atoms with Gasteiger partial charge in [-0.2, -0.15) is 13.2 Å². The molecule has 0 aliphatic carbocycles. The number of morpholine rings is 1. The van der Waals surface area contributed by atoms with Gasteiger partial charge < -0.3 is 30.7 Å². The lowest BCUT2D eigenvalue weighted by molar-refractivity contribution is -0.192. The number of aromatic nitrogens is 1. The van der Waals surface area contributed by atoms with Gasteiger partial charge >= 0.3 is 12.1 Å². The predicted octanol–water partition coefficient (Wildman–Crippen LogP) is 2.37. The molecule has 0 saturated carbocycles. The summed E-state index contributed by atoms with van der Waals surface area (Å²) in [6.45, 7) is 8.29. The van der Waals surface area contributed by atoms with Crippen LogP contribution >= 0.6 is 0 Å². The van der Waals surface area contributed by atoms with Gasteiger partial charge in [-0.3, -0.25) is 4.79 Å². The highest BCUT2D eigenvalue weighted by atomic mass is 19.4. The molecule has 1 aromatic heterocycles. The Morgan fingerprint density at radius 2 is 1.88 bits per heavy atom. The zero-order chi connectivity index (χ0) is 24.9. The fourth-order valence-electron chi connectivity index (χ4n) is 3.67. The molecule has 1 amide bonds. The van der Waals surface area contributed by atoms with Gasteiger partial charge in [0.05, 0.1) is 13.2 Å². The highest BCUT2D eigenvalue weighted by molar-refractivity contribution is 6.02. The third-order valence-electron chi connectivity index (χ3n) is 5.35. The molecule has 1 aromatic carbocycles. The van der Waals surface area contributed by atoms with Crippen molar-refractivity contribution in [3.05, 3.63) is 36.9 Å². The predicted molar refractivity (Wildman–Crippen MR) is 122 cm³/mol. The minimum Gasteiger partial charge on any atom is -0.475 e. The molecule has 4 N–H and O–H groups in total. The molecule has 12 heteroatoms. The summed E-state index contributed by atoms with van der Waals surface area (Å²) in [4.78, 5) is 30.0. The minimum absolute atomic E-state index is 0.181. The summed E-state index contributed by atoms with van der Waals surface area (Å²) in [6, 6.07) is 8.17. The molecule has 2 fully saturated rings. The summed E-state index contributed by atoms with van der Waals surface area (Å²) >= 11 is 0. The van der Waals surface area contributed by atoms with Crippen LogP contribution in [-0.4, -0.2) is 73.6 Å². The van der Waals surface area contributed by atoms with Gasteiger partial charge in [-0.05, 0) is 42.1 Å². The van der Waals surface area contributed by atoms with Crippen LogP contribution in [-0.2, 0) is 14.3 Å². The number of carbonyl (C=O) groups is 2. The van der Waals surface area contributed by atoms with Gasteiger partial charge in [0.1, 0.15) is 11.6 Å². The zero-order valence-electron chi connectivity index (χ0n) is 18.3. The summed E-state index contributed by atoms with van der Waals surface area (Å²) in [5, 5.41) is 12.1. The van der Waals surface area contributed by atoms with Crippen LogP contribution in [0.4, 0.5) is 30.5 Å². The molecule has 2 aromatic rings. The maximum absolute atomic E-state index is 11.7. The molecule has 184 valence electrons. The first-order chi connectivity index (χ1) is 16.1. The van der Waals surface area contributed by atoms with Crippen LogP contribution in [0, 0.1) is 0 Å². The summed E-state index contributed by atoms with van der Waals surface area (Å²) in [6.07, 6.45) is -2.84. The number of nitrogens with two attached hydrogens (primary N) is 1. The van der Waals surface area contributed by atoms with Crippen LogP contribution in [0.15, 0.2) is 36.9 Å². The lowest BCUT2D eigenvalue weighted by Gasteiger charge is -2.29. The van der Waals surface area contributed by atoms with Crippen molar-refractivity contribution in [3.8, 4) is 0 Å². The number of carboxylic acids is 1. The van der Waals surface area contributed by atoms with E-state index in [1.54, 1.807) is 0 Å². The van der Waals surface area contributed by atoms with Gasteiger partial charge in [-0.1, -0.05) is 6.58 Å². The van der Waals surface area contributed by atoms with Crippen molar-refractivity contribution in [2.24, 2.45) is 5.73 Å². The van der Waals surface area contributed by atoms with E-state index in [2.05, 4.69) is 27.8 Å². The van der Waals surface area contributed by atoms with Crippen molar-refractivity contribution in [2.45, 2.75) is 18.6 Å². The fourth-order valence-corrected chi connectivity index (χ4v) is 3.67. The Balaban J connectivity index is 0.000000406. The molecule has 9 nitrogen and oxygen atoms in total. The van der Waals surface area contributed by atoms with Crippen LogP contribution in [0.25, 0.3) is 10.8 Å². The van der Waals surface area contributed by atoms with Crippen LogP contribution < -0.4 is 20.9 Å². The number of nitrogens with zero attached hydrogens (tertiary/aromatic N) is 3. The first-order valence-electron chi connectivity index (χ1n) is 10.6. The van der Waals surface area contributed by atoms with Gasteiger partial charge in [0.2, 0.25) is 5.91 Å². The third kappa shape index (κ3) is 6.35. The third-order valence-corrected chi connectivity index (χ3v) is 5.35. The monoisotopic (exact) mass is 481 g/mol. The molecule has 0 radical (unpaired) electrons. The molecule has 4 rings (SSSR count). The number of pyridine rings is 1. The number of aliphatic carboxylic acids is 1. The van der Waals surface area contributed by atoms with Crippen molar-refractivity contribution in [3.63, 3.8) is 0 Å². The molecule has 2 aliphatic heterocycles. The molecule has 0 spiro atoms. The summed E-state index contributed by atoms with van der Waals surface area (Å²) in [5.41, 5.74) is 6.87. The number of nitrogens with one attached hydrogen (secondary N) is 1. The summed E-state index contributed by atoms with van der Waals surface area (Å²) in [5.74, 6) is -1.08. The lowest BCUT2D eigenvalue weighted by atomic mass is 10.1. The van der Waals surface area contributed by atoms with Crippen LogP contribution in [0.5, 0.6) is 0 Å². The normalized spacial score (nSPS) is 18.3. The Hall–Kier alpha value is -3.38. The van der Waals surface area contributed by atoms with E-state index in [0.717, 1.165) is 60.7 Å². The van der Waals surface area contributed by atoms with E-state index >= 15 is 0 Å². The van der Waals surface area contributed by atoms with Gasteiger partial charge in [-0.25, -0.2) is 9.78 Å². The maximum Gasteiger partial charge on any atom is 0.490 e. The van der Waals surface area contributed by atoms with E-state index in [1.807, 2.05) is 18.2 Å². The Morgan fingerprint density at radius 1 is 1.21 bits per heavy atom. The SMILES string of the molecule is C=CC(=O)Nc1ccc2c(N3CC[C@@H](N)C3)nc(N3CCOCC3)cc2c1.O=C(O)C(F)(F)F. The van der Waals surface area contributed by atoms with Crippen molar-refractivity contribution >= 4 is 40.0 Å². The fraction of sp³-hybridized carbons (Fsp3) is 0.409. The number of ether oxygens (including phenoxy) is 1. The average Bonchev–Trinajstić information content (AvgIpc) is 3.24. The molecular formula is C22H26F3N5O4. The number of halogens is 3. The van der Waals surface area contributed by atoms with E-state index in [9.17, 15) is 18.0 Å². The van der Waals surface area contributed by atoms with E-state index in [-0.39, 0.29) is 11.9 Å². The van der Waals surface area contributed by atoms with Crippen LogP contribution in [0.3, 0.4) is 0 Å². The number of rotatable bonds is 4. The van der Waals surface area contributed by atoms with E-state index in [0.29, 0.717) is 13.2 Å². The highest BCUT2D eigenvalue weighted by Crippen LogP contribution is 2.33. The molecule has 3 heterocycles. The van der Waals surface area contributed by atoms with E-state index in [4.69, 9.17) is 25.4 Å². The molecular weight excluding hydrogens is 455 g/mol. The van der Waals surface area contributed by atoms with Crippen LogP contribution in [0.1, 0.15) is 6.42 Å². The standard InChI is InChI=1S/C20H25N5O2.C2HF3O2/c1-2-19(26)22-16-3-4-17-14(11-16)12-18(24-7-9-27-10-8-24)23-20(17)25-6-5-15(21)13-25;3-2(4,5)1(6)7/h2-4,11-12,15H,1,5-10,13,21H2,(H,22,26);(H,6,7)/t15-;/m1./s1. The molecule has 0 unspecified atom stereocenters. The molecule has 1 atom stereocenters. The quantitative estimate of drug-likeness (QED) is 0.570. The Bertz CT molecular complexity index is 1060. The summed E-state index contributed by atoms with van der Waals surface area (Å²) in [7, 11) is 0. The lowest BCUT2D eigenvalue weighted by Crippen LogP contribution is -2.37. The summed E-state index contributed by atoms with van der Waals surface area (Å²) < 4.78 is 37.2. The number of hydrogen-bond acceptors (Lipinski definition) is 7. The molecule has 34 heavy (non-hydrogen) atoms. The largest absolute Gasteiger partial charge is 0.490 e. The second-order valence-electron chi connectivity index (χ2n) is 7.83. The van der Waals surface area contributed by atoms with Gasteiger partial charge in [0, 0.05) is 43.3 Å². The van der Waals surface area contributed by atoms with Crippen molar-refractivity contribution in [2.75, 3.05) is 54.5 Å². The second-order valence-corrected chi connectivity index (χ2v) is 7.83. The van der Waals surface area contributed by atoms with Crippen molar-refractivity contribution in [1.82, 2.24) is 4.98 Å². The Kier molecular flexibility index (Phi) is 7.94. The number of anilines is 3. The molecule has 2 aliphatic rings. The van der Waals surface area contributed by atoms with Gasteiger partial charge in [0.15, 0.2) is 0 Å². The van der Waals surface area contributed by atoms with E-state index in [1.165, 1.54) is 6.08 Å². The average molecular weight is 481 g/mol. The maximum atomic E-state index is 11.7. The topological polar surface area (TPSA) is 121 Å². The minimum atomic E-state index is -5.08. The highest BCUT2D eigenvalue weighted by Gasteiger charge is 2.38. The van der Waals surface area contributed by atoms with E-state index < -0.39 is 12.1 Å². The Morgan fingerprint density at radius 3 is 2.44 bits per heavy atom. The number of benzene rings is 1. The number of carbonyl (C=O) groups excluding carboxylic acids is 1. The Labute approximate surface area is 194 Å².